The van der Waals surface area contributed by atoms with Crippen LogP contribution in [0.15, 0.2) is 0 Å². The van der Waals surface area contributed by atoms with E-state index in [4.69, 9.17) is 0 Å². The van der Waals surface area contributed by atoms with E-state index in [1.165, 1.54) is 25.7 Å². The molecule has 0 amide bonds. The Labute approximate surface area is 87.2 Å². The highest BCUT2D eigenvalue weighted by atomic mass is 15.5. The van der Waals surface area contributed by atoms with Gasteiger partial charge in [-0.2, -0.15) is 0 Å². The molecule has 2 atom stereocenters. The number of nitrogens with one attached hydrogen (secondary N) is 2. The van der Waals surface area contributed by atoms with Gasteiger partial charge in [0.2, 0.25) is 0 Å². The molecule has 82 valence electrons. The molecular weight excluding hydrogens is 174 g/mol. The van der Waals surface area contributed by atoms with Crippen molar-refractivity contribution in [2.45, 2.75) is 45.6 Å². The topological polar surface area (TPSA) is 27.3 Å². The largest absolute Gasteiger partial charge is 0.273 e. The zero-order valence-corrected chi connectivity index (χ0v) is 9.42. The van der Waals surface area contributed by atoms with Crippen LogP contribution in [-0.2, 0) is 0 Å². The van der Waals surface area contributed by atoms with Crippen LogP contribution >= 0.6 is 0 Å². The van der Waals surface area contributed by atoms with Gasteiger partial charge in [-0.25, -0.2) is 10.9 Å². The first-order valence-electron chi connectivity index (χ1n) is 5.97. The summed E-state index contributed by atoms with van der Waals surface area (Å²) in [6, 6.07) is 0.818. The van der Waals surface area contributed by atoms with E-state index in [1.807, 2.05) is 0 Å². The fourth-order valence-electron chi connectivity index (χ4n) is 2.77. The van der Waals surface area contributed by atoms with Gasteiger partial charge in [-0.15, -0.1) is 0 Å². The lowest BCUT2D eigenvalue weighted by molar-refractivity contribution is 0.133. The summed E-state index contributed by atoms with van der Waals surface area (Å²) in [5.74, 6) is 1.82. The predicted molar refractivity (Wildman–Crippen MR) is 58.4 cm³/mol. The minimum atomic E-state index is 0.818. The lowest BCUT2D eigenvalue weighted by Crippen LogP contribution is -2.39. The van der Waals surface area contributed by atoms with Crippen LogP contribution in [0.4, 0.5) is 0 Å². The van der Waals surface area contributed by atoms with Crippen LogP contribution in [-0.4, -0.2) is 24.3 Å². The number of rotatable bonds is 2. The first-order valence-corrected chi connectivity index (χ1v) is 5.97. The van der Waals surface area contributed by atoms with Gasteiger partial charge in [-0.3, -0.25) is 4.90 Å². The Morgan fingerprint density at radius 3 is 2.50 bits per heavy atom. The van der Waals surface area contributed by atoms with Crippen LogP contribution in [0.2, 0.25) is 0 Å². The SMILES string of the molecule is CC(C)C1CCCC(N2CNNC2)C1. The molecule has 1 saturated heterocycles. The van der Waals surface area contributed by atoms with E-state index in [1.54, 1.807) is 0 Å². The molecule has 2 unspecified atom stereocenters. The lowest BCUT2D eigenvalue weighted by Gasteiger charge is -2.36. The molecule has 2 rings (SSSR count). The normalized spacial score (nSPS) is 35.4. The Kier molecular flexibility index (Phi) is 3.42. The second kappa shape index (κ2) is 4.60. The smallest absolute Gasteiger partial charge is 0.0629 e. The molecule has 0 aromatic carbocycles. The minimum Gasteiger partial charge on any atom is -0.273 e. The second-order valence-electron chi connectivity index (χ2n) is 5.08. The Morgan fingerprint density at radius 1 is 1.14 bits per heavy atom. The average Bonchev–Trinajstić information content (AvgIpc) is 2.71. The molecule has 1 aliphatic heterocycles. The number of nitrogens with zero attached hydrogens (tertiary/aromatic N) is 1. The van der Waals surface area contributed by atoms with Gasteiger partial charge in [-0.05, 0) is 24.7 Å². The van der Waals surface area contributed by atoms with Crippen LogP contribution in [0, 0.1) is 11.8 Å². The molecule has 2 aliphatic rings. The van der Waals surface area contributed by atoms with E-state index in [0.717, 1.165) is 31.2 Å². The fourth-order valence-corrected chi connectivity index (χ4v) is 2.77. The van der Waals surface area contributed by atoms with Crippen molar-refractivity contribution in [1.82, 2.24) is 15.8 Å². The summed E-state index contributed by atoms with van der Waals surface area (Å²) in [5, 5.41) is 0. The molecule has 2 fully saturated rings. The zero-order valence-electron chi connectivity index (χ0n) is 9.42. The molecule has 3 heteroatoms. The van der Waals surface area contributed by atoms with Gasteiger partial charge in [0.1, 0.15) is 0 Å². The zero-order chi connectivity index (χ0) is 9.97. The fraction of sp³-hybridized carbons (Fsp3) is 1.00. The monoisotopic (exact) mass is 197 g/mol. The Balaban J connectivity index is 1.86. The first-order chi connectivity index (χ1) is 6.77. The van der Waals surface area contributed by atoms with Crippen LogP contribution < -0.4 is 10.9 Å². The van der Waals surface area contributed by atoms with Gasteiger partial charge < -0.3 is 0 Å². The summed E-state index contributed by atoms with van der Waals surface area (Å²) in [6.07, 6.45) is 5.67. The van der Waals surface area contributed by atoms with E-state index in [-0.39, 0.29) is 0 Å². The Bertz CT molecular complexity index is 175. The lowest BCUT2D eigenvalue weighted by atomic mass is 9.79. The third-order valence-electron chi connectivity index (χ3n) is 3.84. The van der Waals surface area contributed by atoms with E-state index in [0.29, 0.717) is 0 Å². The maximum absolute atomic E-state index is 3.19. The molecule has 0 aromatic rings. The van der Waals surface area contributed by atoms with Crippen LogP contribution in [0.5, 0.6) is 0 Å². The third-order valence-corrected chi connectivity index (χ3v) is 3.84. The quantitative estimate of drug-likeness (QED) is 0.703. The molecule has 1 aliphatic carbocycles. The molecule has 14 heavy (non-hydrogen) atoms. The van der Waals surface area contributed by atoms with Crippen molar-refractivity contribution >= 4 is 0 Å². The summed E-state index contributed by atoms with van der Waals surface area (Å²) in [6.45, 7) is 6.78. The van der Waals surface area contributed by atoms with Crippen molar-refractivity contribution in [2.24, 2.45) is 11.8 Å². The van der Waals surface area contributed by atoms with Gasteiger partial charge >= 0.3 is 0 Å². The average molecular weight is 197 g/mol. The van der Waals surface area contributed by atoms with E-state index < -0.39 is 0 Å². The summed E-state index contributed by atoms with van der Waals surface area (Å²) in [7, 11) is 0. The summed E-state index contributed by atoms with van der Waals surface area (Å²) in [4.78, 5) is 2.54. The molecule has 1 heterocycles. The minimum absolute atomic E-state index is 0.818. The molecule has 0 spiro atoms. The highest BCUT2D eigenvalue weighted by molar-refractivity contribution is 4.82. The van der Waals surface area contributed by atoms with Crippen molar-refractivity contribution in [1.29, 1.82) is 0 Å². The molecule has 3 nitrogen and oxygen atoms in total. The van der Waals surface area contributed by atoms with Gasteiger partial charge in [0, 0.05) is 6.04 Å². The van der Waals surface area contributed by atoms with Crippen LogP contribution in [0.25, 0.3) is 0 Å². The highest BCUT2D eigenvalue weighted by Crippen LogP contribution is 2.32. The van der Waals surface area contributed by atoms with E-state index >= 15 is 0 Å². The highest BCUT2D eigenvalue weighted by Gasteiger charge is 2.29. The van der Waals surface area contributed by atoms with E-state index in [2.05, 4.69) is 29.6 Å². The first kappa shape index (κ1) is 10.4. The molecule has 2 N–H and O–H groups in total. The van der Waals surface area contributed by atoms with Crippen LogP contribution in [0.3, 0.4) is 0 Å². The van der Waals surface area contributed by atoms with E-state index in [9.17, 15) is 0 Å². The van der Waals surface area contributed by atoms with Crippen molar-refractivity contribution in [3.05, 3.63) is 0 Å². The molecular formula is C11H23N3. The van der Waals surface area contributed by atoms with Gasteiger partial charge in [0.05, 0.1) is 13.3 Å². The maximum Gasteiger partial charge on any atom is 0.0629 e. The maximum atomic E-state index is 3.19. The Hall–Kier alpha value is -0.120. The number of hydrazine groups is 1. The van der Waals surface area contributed by atoms with Crippen molar-refractivity contribution < 1.29 is 0 Å². The Morgan fingerprint density at radius 2 is 1.86 bits per heavy atom. The van der Waals surface area contributed by atoms with Gasteiger partial charge in [-0.1, -0.05) is 26.7 Å². The second-order valence-corrected chi connectivity index (χ2v) is 5.08. The van der Waals surface area contributed by atoms with Crippen molar-refractivity contribution in [2.75, 3.05) is 13.3 Å². The standard InChI is InChI=1S/C11H23N3/c1-9(2)10-4-3-5-11(6-10)14-7-12-13-8-14/h9-13H,3-8H2,1-2H3. The molecule has 0 aromatic heterocycles. The van der Waals surface area contributed by atoms with Crippen molar-refractivity contribution in [3.8, 4) is 0 Å². The number of hydrogen-bond acceptors (Lipinski definition) is 3. The summed E-state index contributed by atoms with van der Waals surface area (Å²) >= 11 is 0. The third kappa shape index (κ3) is 2.27. The molecule has 1 saturated carbocycles. The molecule has 0 bridgehead atoms. The van der Waals surface area contributed by atoms with Crippen molar-refractivity contribution in [3.63, 3.8) is 0 Å². The summed E-state index contributed by atoms with van der Waals surface area (Å²) < 4.78 is 0. The number of hydrogen-bond donors (Lipinski definition) is 2. The van der Waals surface area contributed by atoms with Gasteiger partial charge in [0.25, 0.3) is 0 Å². The summed E-state index contributed by atoms with van der Waals surface area (Å²) in [5.41, 5.74) is 6.38. The molecule has 0 radical (unpaired) electrons. The van der Waals surface area contributed by atoms with Gasteiger partial charge in [0.15, 0.2) is 0 Å². The predicted octanol–water partition coefficient (Wildman–Crippen LogP) is 1.53. The van der Waals surface area contributed by atoms with Crippen LogP contribution in [0.1, 0.15) is 39.5 Å².